The molecule has 0 spiro atoms. The molecule has 2 aliphatic carbocycles. The van der Waals surface area contributed by atoms with Gasteiger partial charge in [0.15, 0.2) is 0 Å². The van der Waals surface area contributed by atoms with Crippen LogP contribution in [0.5, 0.6) is 5.75 Å². The molecule has 4 atom stereocenters. The first-order chi connectivity index (χ1) is 15.8. The molecule has 2 bridgehead atoms. The van der Waals surface area contributed by atoms with Crippen LogP contribution in [0.1, 0.15) is 25.0 Å². The van der Waals surface area contributed by atoms with Gasteiger partial charge in [0.1, 0.15) is 12.4 Å². The van der Waals surface area contributed by atoms with Crippen LogP contribution in [-0.4, -0.2) is 41.9 Å². The monoisotopic (exact) mass is 466 g/mol. The van der Waals surface area contributed by atoms with Gasteiger partial charge in [0, 0.05) is 18.5 Å². The van der Waals surface area contributed by atoms with Gasteiger partial charge in [-0.05, 0) is 67.5 Å². The lowest BCUT2D eigenvalue weighted by Crippen LogP contribution is -2.47. The van der Waals surface area contributed by atoms with Gasteiger partial charge in [-0.1, -0.05) is 24.3 Å². The highest BCUT2D eigenvalue weighted by Gasteiger charge is 2.54. The molecule has 2 aliphatic rings. The summed E-state index contributed by atoms with van der Waals surface area (Å²) in [7, 11) is -2.31. The minimum absolute atomic E-state index is 0.0645. The van der Waals surface area contributed by atoms with E-state index >= 15 is 0 Å². The number of hydrogen-bond donors (Lipinski definition) is 1. The number of fused-ring (bicyclic) bond motifs is 3. The smallest absolute Gasteiger partial charge is 0.308 e. The Morgan fingerprint density at radius 2 is 1.79 bits per heavy atom. The third-order valence-electron chi connectivity index (χ3n) is 7.12. The second-order valence-corrected chi connectivity index (χ2v) is 11.0. The summed E-state index contributed by atoms with van der Waals surface area (Å²) in [5, 5.41) is 10.8. The van der Waals surface area contributed by atoms with E-state index in [9.17, 15) is 18.3 Å². The highest BCUT2D eigenvalue weighted by Crippen LogP contribution is 2.51. The van der Waals surface area contributed by atoms with Crippen molar-refractivity contribution in [1.82, 2.24) is 9.29 Å². The summed E-state index contributed by atoms with van der Waals surface area (Å²) in [5.74, 6) is -0.835. The molecule has 3 aromatic rings. The molecule has 7 nitrogen and oxygen atoms in total. The fourth-order valence-electron chi connectivity index (χ4n) is 5.51. The average molecular weight is 467 g/mol. The van der Waals surface area contributed by atoms with E-state index in [2.05, 4.69) is 4.98 Å². The standard InChI is InChI=1S/C25H26N2O5S/c1-27(24-18-7-6-17(14-18)23(24)25(28)29)33(30,31)21-12-10-20(11-13-21)32-15-19-9-8-16-4-2-3-5-22(16)26-19/h2-5,8-13,17-18,23-24H,6-7,14-15H2,1H3,(H,28,29). The number of para-hydroxylation sites is 1. The molecular weight excluding hydrogens is 440 g/mol. The number of carbonyl (C=O) groups is 1. The maximum atomic E-state index is 13.3. The normalized spacial score (nSPS) is 24.4. The second-order valence-electron chi connectivity index (χ2n) is 8.96. The van der Waals surface area contributed by atoms with E-state index < -0.39 is 28.0 Å². The summed E-state index contributed by atoms with van der Waals surface area (Å²) in [6, 6.07) is 17.5. The number of aliphatic carboxylic acids is 1. The molecule has 4 unspecified atom stereocenters. The summed E-state index contributed by atoms with van der Waals surface area (Å²) in [4.78, 5) is 16.5. The zero-order chi connectivity index (χ0) is 23.2. The Balaban J connectivity index is 1.29. The van der Waals surface area contributed by atoms with Crippen LogP contribution in [0.25, 0.3) is 10.9 Å². The number of ether oxygens (including phenoxy) is 1. The molecule has 2 saturated carbocycles. The maximum Gasteiger partial charge on any atom is 0.308 e. The van der Waals surface area contributed by atoms with E-state index in [0.29, 0.717) is 5.75 Å². The van der Waals surface area contributed by atoms with E-state index in [1.165, 1.54) is 23.5 Å². The van der Waals surface area contributed by atoms with Crippen LogP contribution < -0.4 is 4.74 Å². The predicted molar refractivity (Wildman–Crippen MR) is 123 cm³/mol. The van der Waals surface area contributed by atoms with Crippen LogP contribution >= 0.6 is 0 Å². The van der Waals surface area contributed by atoms with Crippen molar-refractivity contribution in [2.24, 2.45) is 17.8 Å². The fraction of sp³-hybridized carbons (Fsp3) is 0.360. The average Bonchev–Trinajstić information content (AvgIpc) is 3.44. The van der Waals surface area contributed by atoms with Gasteiger partial charge in [-0.25, -0.2) is 13.4 Å². The summed E-state index contributed by atoms with van der Waals surface area (Å²) < 4.78 is 33.6. The van der Waals surface area contributed by atoms with Crippen molar-refractivity contribution in [3.05, 3.63) is 66.4 Å². The highest BCUT2D eigenvalue weighted by atomic mass is 32.2. The number of sulfonamides is 1. The molecule has 0 amide bonds. The third kappa shape index (κ3) is 3.98. The molecule has 172 valence electrons. The Bertz CT molecular complexity index is 1290. The van der Waals surface area contributed by atoms with E-state index in [4.69, 9.17) is 4.74 Å². The van der Waals surface area contributed by atoms with Crippen LogP contribution in [0.15, 0.2) is 65.6 Å². The SMILES string of the molecule is CN(C1C2CCC(C2)C1C(=O)O)S(=O)(=O)c1ccc(OCc2ccc3ccccc3n2)cc1. The van der Waals surface area contributed by atoms with E-state index in [0.717, 1.165) is 35.9 Å². The quantitative estimate of drug-likeness (QED) is 0.567. The van der Waals surface area contributed by atoms with Gasteiger partial charge < -0.3 is 9.84 Å². The largest absolute Gasteiger partial charge is 0.487 e. The number of rotatable bonds is 7. The van der Waals surface area contributed by atoms with Crippen molar-refractivity contribution in [2.45, 2.75) is 36.8 Å². The molecule has 1 N–H and O–H groups in total. The van der Waals surface area contributed by atoms with Gasteiger partial charge in [0.25, 0.3) is 0 Å². The molecule has 2 aromatic carbocycles. The molecule has 1 heterocycles. The number of nitrogens with zero attached hydrogens (tertiary/aromatic N) is 2. The molecule has 0 aliphatic heterocycles. The number of aromatic nitrogens is 1. The van der Waals surface area contributed by atoms with Crippen molar-refractivity contribution in [1.29, 1.82) is 0 Å². The number of benzene rings is 2. The Morgan fingerprint density at radius 1 is 1.06 bits per heavy atom. The lowest BCUT2D eigenvalue weighted by atomic mass is 9.84. The van der Waals surface area contributed by atoms with Gasteiger partial charge in [0.2, 0.25) is 10.0 Å². The molecule has 8 heteroatoms. The van der Waals surface area contributed by atoms with Gasteiger partial charge in [-0.15, -0.1) is 0 Å². The first-order valence-electron chi connectivity index (χ1n) is 11.1. The zero-order valence-electron chi connectivity index (χ0n) is 18.3. The number of carboxylic acids is 1. The summed E-state index contributed by atoms with van der Waals surface area (Å²) >= 11 is 0. The van der Waals surface area contributed by atoms with E-state index in [-0.39, 0.29) is 23.3 Å². The lowest BCUT2D eigenvalue weighted by molar-refractivity contribution is -0.145. The van der Waals surface area contributed by atoms with Crippen molar-refractivity contribution < 1.29 is 23.1 Å². The number of carboxylic acid groups (broad SMARTS) is 1. The third-order valence-corrected chi connectivity index (χ3v) is 8.99. The summed E-state index contributed by atoms with van der Waals surface area (Å²) in [6.07, 6.45) is 2.54. The van der Waals surface area contributed by atoms with Crippen LogP contribution in [0.4, 0.5) is 0 Å². The Labute approximate surface area is 193 Å². The second kappa shape index (κ2) is 8.43. The van der Waals surface area contributed by atoms with Crippen molar-refractivity contribution >= 4 is 26.9 Å². The van der Waals surface area contributed by atoms with Crippen molar-refractivity contribution in [3.63, 3.8) is 0 Å². The van der Waals surface area contributed by atoms with Crippen molar-refractivity contribution in [2.75, 3.05) is 7.05 Å². The molecule has 0 radical (unpaired) electrons. The predicted octanol–water partition coefficient (Wildman–Crippen LogP) is 3.93. The summed E-state index contributed by atoms with van der Waals surface area (Å²) in [5.41, 5.74) is 1.67. The molecule has 2 fully saturated rings. The fourth-order valence-corrected chi connectivity index (χ4v) is 6.95. The van der Waals surface area contributed by atoms with Crippen molar-refractivity contribution in [3.8, 4) is 5.75 Å². The molecule has 0 saturated heterocycles. The van der Waals surface area contributed by atoms with Gasteiger partial charge in [0.05, 0.1) is 22.0 Å². The molecule has 33 heavy (non-hydrogen) atoms. The Hall–Kier alpha value is -2.97. The Kier molecular flexibility index (Phi) is 5.58. The summed E-state index contributed by atoms with van der Waals surface area (Å²) in [6.45, 7) is 0.266. The minimum Gasteiger partial charge on any atom is -0.487 e. The molecular formula is C25H26N2O5S. The maximum absolute atomic E-state index is 13.3. The minimum atomic E-state index is -3.82. The van der Waals surface area contributed by atoms with Crippen LogP contribution in [-0.2, 0) is 21.4 Å². The molecule has 5 rings (SSSR count). The first kappa shape index (κ1) is 21.9. The van der Waals surface area contributed by atoms with Crippen LogP contribution in [0.2, 0.25) is 0 Å². The lowest BCUT2D eigenvalue weighted by Gasteiger charge is -2.34. The van der Waals surface area contributed by atoms with E-state index in [1.54, 1.807) is 12.1 Å². The Morgan fingerprint density at radius 3 is 2.55 bits per heavy atom. The highest BCUT2D eigenvalue weighted by molar-refractivity contribution is 7.89. The molecule has 1 aromatic heterocycles. The first-order valence-corrected chi connectivity index (χ1v) is 12.6. The number of hydrogen-bond acceptors (Lipinski definition) is 5. The van der Waals surface area contributed by atoms with Gasteiger partial charge in [-0.2, -0.15) is 4.31 Å². The van der Waals surface area contributed by atoms with Crippen LogP contribution in [0, 0.1) is 17.8 Å². The number of pyridine rings is 1. The topological polar surface area (TPSA) is 96.8 Å². The van der Waals surface area contributed by atoms with E-state index in [1.807, 2.05) is 36.4 Å². The van der Waals surface area contributed by atoms with Gasteiger partial charge >= 0.3 is 5.97 Å². The zero-order valence-corrected chi connectivity index (χ0v) is 19.1. The van der Waals surface area contributed by atoms with Gasteiger partial charge in [-0.3, -0.25) is 4.79 Å². The van der Waals surface area contributed by atoms with Crippen LogP contribution in [0.3, 0.4) is 0 Å².